The predicted octanol–water partition coefficient (Wildman–Crippen LogP) is 1.18. The van der Waals surface area contributed by atoms with Crippen molar-refractivity contribution in [1.29, 1.82) is 0 Å². The zero-order chi connectivity index (χ0) is 15.8. The van der Waals surface area contributed by atoms with Gasteiger partial charge in [-0.15, -0.1) is 0 Å². The molecule has 0 saturated carbocycles. The summed E-state index contributed by atoms with van der Waals surface area (Å²) in [5.41, 5.74) is 3.36. The molecule has 0 radical (unpaired) electrons. The molecule has 1 aromatic heterocycles. The van der Waals surface area contributed by atoms with Crippen LogP contribution in [0.15, 0.2) is 53.9 Å². The molecule has 2 aromatic rings. The van der Waals surface area contributed by atoms with E-state index in [-0.39, 0.29) is 0 Å². The summed E-state index contributed by atoms with van der Waals surface area (Å²) in [5.74, 6) is -1.11. The first-order chi connectivity index (χ1) is 10.7. The third-order valence-electron chi connectivity index (χ3n) is 2.62. The minimum atomic E-state index is -0.867. The summed E-state index contributed by atoms with van der Waals surface area (Å²) in [4.78, 5) is 27.2. The molecule has 0 saturated heterocycles. The summed E-state index contributed by atoms with van der Waals surface area (Å²) in [5, 5.41) is 6.15. The molecule has 0 fully saturated rings. The highest BCUT2D eigenvalue weighted by molar-refractivity contribution is 6.39. The molecule has 22 heavy (non-hydrogen) atoms. The summed E-state index contributed by atoms with van der Waals surface area (Å²) in [7, 11) is 1.52. The van der Waals surface area contributed by atoms with E-state index in [1.165, 1.54) is 13.3 Å². The van der Waals surface area contributed by atoms with Gasteiger partial charge in [0.25, 0.3) is 0 Å². The normalized spacial score (nSPS) is 10.2. The predicted molar refractivity (Wildman–Crippen MR) is 81.6 cm³/mol. The standard InChI is InChI=1S/C15H14N4O3/c1-22-13-4-2-3-12(9-13)18-14(20)15(21)19-17-10-11-5-7-16-8-6-11/h2-10H,1H3,(H,18,20)(H,19,21)/b17-10+. The minimum absolute atomic E-state index is 0.456. The highest BCUT2D eigenvalue weighted by Gasteiger charge is 2.12. The van der Waals surface area contributed by atoms with Gasteiger partial charge in [0.1, 0.15) is 5.75 Å². The molecule has 7 heteroatoms. The zero-order valence-corrected chi connectivity index (χ0v) is 11.8. The number of amides is 2. The van der Waals surface area contributed by atoms with Gasteiger partial charge in [0.2, 0.25) is 0 Å². The summed E-state index contributed by atoms with van der Waals surface area (Å²) in [6.07, 6.45) is 4.61. The summed E-state index contributed by atoms with van der Waals surface area (Å²) in [6.45, 7) is 0. The molecule has 1 heterocycles. The Morgan fingerprint density at radius 3 is 2.68 bits per heavy atom. The first-order valence-corrected chi connectivity index (χ1v) is 6.37. The van der Waals surface area contributed by atoms with Gasteiger partial charge in [0.05, 0.1) is 13.3 Å². The van der Waals surface area contributed by atoms with E-state index in [0.29, 0.717) is 11.4 Å². The van der Waals surface area contributed by atoms with Crippen LogP contribution in [0.1, 0.15) is 5.56 Å². The van der Waals surface area contributed by atoms with Gasteiger partial charge in [0.15, 0.2) is 0 Å². The van der Waals surface area contributed by atoms with E-state index >= 15 is 0 Å². The van der Waals surface area contributed by atoms with E-state index in [0.717, 1.165) is 5.56 Å². The number of benzene rings is 1. The number of pyridine rings is 1. The Labute approximate surface area is 127 Å². The van der Waals surface area contributed by atoms with E-state index in [4.69, 9.17) is 4.74 Å². The Morgan fingerprint density at radius 2 is 1.95 bits per heavy atom. The highest BCUT2D eigenvalue weighted by atomic mass is 16.5. The van der Waals surface area contributed by atoms with Crippen molar-refractivity contribution >= 4 is 23.7 Å². The lowest BCUT2D eigenvalue weighted by molar-refractivity contribution is -0.136. The lowest BCUT2D eigenvalue weighted by Crippen LogP contribution is -2.32. The van der Waals surface area contributed by atoms with Gasteiger partial charge in [-0.05, 0) is 29.8 Å². The van der Waals surface area contributed by atoms with Gasteiger partial charge < -0.3 is 10.1 Å². The number of nitrogens with zero attached hydrogens (tertiary/aromatic N) is 2. The van der Waals surface area contributed by atoms with Crippen molar-refractivity contribution in [2.24, 2.45) is 5.10 Å². The summed E-state index contributed by atoms with van der Waals surface area (Å²) >= 11 is 0. The van der Waals surface area contributed by atoms with E-state index in [1.807, 2.05) is 0 Å². The molecule has 0 aliphatic heterocycles. The molecule has 0 spiro atoms. The van der Waals surface area contributed by atoms with Crippen LogP contribution in [0.2, 0.25) is 0 Å². The van der Waals surface area contributed by atoms with Crippen molar-refractivity contribution in [2.75, 3.05) is 12.4 Å². The van der Waals surface area contributed by atoms with Crippen molar-refractivity contribution in [3.8, 4) is 5.75 Å². The van der Waals surface area contributed by atoms with Crippen LogP contribution in [-0.4, -0.2) is 30.1 Å². The van der Waals surface area contributed by atoms with Crippen LogP contribution >= 0.6 is 0 Å². The Kier molecular flexibility index (Phi) is 5.20. The summed E-state index contributed by atoms with van der Waals surface area (Å²) < 4.78 is 5.03. The van der Waals surface area contributed by atoms with Crippen LogP contribution in [-0.2, 0) is 9.59 Å². The van der Waals surface area contributed by atoms with Crippen LogP contribution < -0.4 is 15.5 Å². The molecule has 7 nitrogen and oxygen atoms in total. The van der Waals surface area contributed by atoms with Crippen molar-refractivity contribution in [3.63, 3.8) is 0 Å². The fraction of sp³-hybridized carbons (Fsp3) is 0.0667. The Balaban J connectivity index is 1.89. The smallest absolute Gasteiger partial charge is 0.329 e. The largest absolute Gasteiger partial charge is 0.497 e. The number of hydrogen-bond donors (Lipinski definition) is 2. The van der Waals surface area contributed by atoms with Crippen LogP contribution in [0.3, 0.4) is 0 Å². The van der Waals surface area contributed by atoms with E-state index in [9.17, 15) is 9.59 Å². The van der Waals surface area contributed by atoms with Gasteiger partial charge in [0, 0.05) is 24.1 Å². The molecule has 2 amide bonds. The van der Waals surface area contributed by atoms with Crippen LogP contribution in [0, 0.1) is 0 Å². The topological polar surface area (TPSA) is 92.7 Å². The fourth-order valence-electron chi connectivity index (χ4n) is 1.55. The second-order valence-electron chi connectivity index (χ2n) is 4.17. The average Bonchev–Trinajstić information content (AvgIpc) is 2.56. The van der Waals surface area contributed by atoms with E-state index < -0.39 is 11.8 Å². The molecule has 0 unspecified atom stereocenters. The molecular formula is C15H14N4O3. The molecule has 2 rings (SSSR count). The Morgan fingerprint density at radius 1 is 1.18 bits per heavy atom. The van der Waals surface area contributed by atoms with Gasteiger partial charge in [-0.1, -0.05) is 6.07 Å². The second kappa shape index (κ2) is 7.53. The van der Waals surface area contributed by atoms with Gasteiger partial charge >= 0.3 is 11.8 Å². The number of carbonyl (C=O) groups excluding carboxylic acids is 2. The van der Waals surface area contributed by atoms with E-state index in [1.54, 1.807) is 48.8 Å². The lowest BCUT2D eigenvalue weighted by atomic mass is 10.3. The minimum Gasteiger partial charge on any atom is -0.497 e. The quantitative estimate of drug-likeness (QED) is 0.503. The van der Waals surface area contributed by atoms with Gasteiger partial charge in [-0.25, -0.2) is 5.43 Å². The molecule has 112 valence electrons. The zero-order valence-electron chi connectivity index (χ0n) is 11.8. The number of hydrogen-bond acceptors (Lipinski definition) is 5. The maximum absolute atomic E-state index is 11.7. The van der Waals surface area contributed by atoms with Crippen LogP contribution in [0.4, 0.5) is 5.69 Å². The maximum Gasteiger partial charge on any atom is 0.329 e. The first-order valence-electron chi connectivity index (χ1n) is 6.37. The SMILES string of the molecule is COc1cccc(NC(=O)C(=O)N/N=C/c2ccncc2)c1. The molecular weight excluding hydrogens is 284 g/mol. The number of anilines is 1. The van der Waals surface area contributed by atoms with E-state index in [2.05, 4.69) is 20.8 Å². The third-order valence-corrected chi connectivity index (χ3v) is 2.62. The Bertz CT molecular complexity index is 686. The van der Waals surface area contributed by atoms with Crippen LogP contribution in [0.25, 0.3) is 0 Å². The van der Waals surface area contributed by atoms with Gasteiger partial charge in [-0.2, -0.15) is 5.10 Å². The van der Waals surface area contributed by atoms with Gasteiger partial charge in [-0.3, -0.25) is 14.6 Å². The van der Waals surface area contributed by atoms with Crippen molar-refractivity contribution in [2.45, 2.75) is 0 Å². The number of aromatic nitrogens is 1. The number of rotatable bonds is 4. The Hall–Kier alpha value is -3.22. The molecule has 0 aliphatic carbocycles. The maximum atomic E-state index is 11.7. The van der Waals surface area contributed by atoms with Crippen molar-refractivity contribution in [1.82, 2.24) is 10.4 Å². The van der Waals surface area contributed by atoms with Crippen LogP contribution in [0.5, 0.6) is 5.75 Å². The second-order valence-corrected chi connectivity index (χ2v) is 4.17. The number of hydrazone groups is 1. The highest BCUT2D eigenvalue weighted by Crippen LogP contribution is 2.16. The molecule has 1 aromatic carbocycles. The number of methoxy groups -OCH3 is 1. The van der Waals surface area contributed by atoms with Crippen molar-refractivity contribution in [3.05, 3.63) is 54.4 Å². The number of carbonyl (C=O) groups is 2. The first kappa shape index (κ1) is 15.2. The average molecular weight is 298 g/mol. The monoisotopic (exact) mass is 298 g/mol. The third kappa shape index (κ3) is 4.41. The lowest BCUT2D eigenvalue weighted by Gasteiger charge is -2.05. The summed E-state index contributed by atoms with van der Waals surface area (Å²) in [6, 6.07) is 10.1. The molecule has 0 aliphatic rings. The van der Waals surface area contributed by atoms with Crippen molar-refractivity contribution < 1.29 is 14.3 Å². The molecule has 0 bridgehead atoms. The number of ether oxygens (including phenoxy) is 1. The fourth-order valence-corrected chi connectivity index (χ4v) is 1.55. The molecule has 2 N–H and O–H groups in total. The number of nitrogens with one attached hydrogen (secondary N) is 2. The molecule has 0 atom stereocenters.